The molecule has 2 saturated heterocycles. The van der Waals surface area contributed by atoms with E-state index >= 15 is 0 Å². The van der Waals surface area contributed by atoms with E-state index in [1.165, 1.54) is 4.90 Å². The number of nitrogens with zero attached hydrogens (tertiary/aromatic N) is 1. The first-order valence-electron chi connectivity index (χ1n) is 9.30. The highest BCUT2D eigenvalue weighted by atomic mass is 35.5. The number of hydrogen-bond acceptors (Lipinski definition) is 3. The van der Waals surface area contributed by atoms with Gasteiger partial charge in [-0.2, -0.15) is 0 Å². The molecule has 2 aliphatic rings. The average Bonchev–Trinajstić information content (AvgIpc) is 3.04. The van der Waals surface area contributed by atoms with Crippen LogP contribution in [0.25, 0.3) is 0 Å². The van der Waals surface area contributed by atoms with Crippen molar-refractivity contribution in [1.29, 1.82) is 0 Å². The molecule has 2 fully saturated rings. The Morgan fingerprint density at radius 3 is 2.88 bits per heavy atom. The number of carbonyl (C=O) groups excluding carboxylic acids is 2. The number of morpholine rings is 1. The fourth-order valence-corrected chi connectivity index (χ4v) is 3.66. The number of nitrogens with one attached hydrogen (secondary N) is 2. The molecule has 26 heavy (non-hydrogen) atoms. The Labute approximate surface area is 159 Å². The summed E-state index contributed by atoms with van der Waals surface area (Å²) in [6.07, 6.45) is 1.20. The minimum Gasteiger partial charge on any atom is -0.370 e. The zero-order valence-electron chi connectivity index (χ0n) is 15.2. The molecule has 1 atom stereocenters. The van der Waals surface area contributed by atoms with Crippen molar-refractivity contribution in [3.63, 3.8) is 0 Å². The third kappa shape index (κ3) is 4.75. The lowest BCUT2D eigenvalue weighted by molar-refractivity contribution is -0.908. The van der Waals surface area contributed by atoms with Gasteiger partial charge in [0.2, 0.25) is 11.8 Å². The van der Waals surface area contributed by atoms with Crippen LogP contribution in [0, 0.1) is 12.8 Å². The predicted octanol–water partition coefficient (Wildman–Crippen LogP) is 0.423. The van der Waals surface area contributed by atoms with Crippen molar-refractivity contribution in [3.8, 4) is 0 Å². The van der Waals surface area contributed by atoms with Crippen LogP contribution >= 0.6 is 11.6 Å². The van der Waals surface area contributed by atoms with Gasteiger partial charge in [0.05, 0.1) is 25.7 Å². The highest BCUT2D eigenvalue weighted by Crippen LogP contribution is 2.28. The molecule has 0 unspecified atom stereocenters. The number of anilines is 1. The summed E-state index contributed by atoms with van der Waals surface area (Å²) in [5, 5.41) is 3.62. The monoisotopic (exact) mass is 380 g/mol. The Balaban J connectivity index is 1.45. The van der Waals surface area contributed by atoms with E-state index in [1.807, 2.05) is 19.1 Å². The number of halogens is 1. The van der Waals surface area contributed by atoms with Gasteiger partial charge in [-0.25, -0.2) is 0 Å². The van der Waals surface area contributed by atoms with Crippen molar-refractivity contribution in [1.82, 2.24) is 5.32 Å². The van der Waals surface area contributed by atoms with Crippen molar-refractivity contribution in [2.45, 2.75) is 19.8 Å². The molecule has 1 aromatic carbocycles. The molecular weight excluding hydrogens is 354 g/mol. The van der Waals surface area contributed by atoms with Crippen molar-refractivity contribution in [2.24, 2.45) is 5.92 Å². The third-order valence-electron chi connectivity index (χ3n) is 5.17. The average molecular weight is 381 g/mol. The van der Waals surface area contributed by atoms with Gasteiger partial charge in [0, 0.05) is 36.6 Å². The molecule has 0 spiro atoms. The van der Waals surface area contributed by atoms with Gasteiger partial charge < -0.3 is 19.9 Å². The maximum Gasteiger partial charge on any atom is 0.227 e. The first kappa shape index (κ1) is 19.1. The van der Waals surface area contributed by atoms with Crippen LogP contribution in [0.3, 0.4) is 0 Å². The molecule has 3 rings (SSSR count). The molecule has 2 aliphatic heterocycles. The summed E-state index contributed by atoms with van der Waals surface area (Å²) < 4.78 is 5.35. The quantitative estimate of drug-likeness (QED) is 0.703. The molecule has 2 amide bonds. The van der Waals surface area contributed by atoms with Gasteiger partial charge in [0.15, 0.2) is 0 Å². The predicted molar refractivity (Wildman–Crippen MR) is 101 cm³/mol. The molecule has 6 nitrogen and oxygen atoms in total. The zero-order valence-corrected chi connectivity index (χ0v) is 16.0. The normalized spacial score (nSPS) is 21.2. The smallest absolute Gasteiger partial charge is 0.227 e. The van der Waals surface area contributed by atoms with Crippen LogP contribution in [0.2, 0.25) is 5.02 Å². The van der Waals surface area contributed by atoms with Crippen LogP contribution < -0.4 is 15.1 Å². The summed E-state index contributed by atoms with van der Waals surface area (Å²) in [6.45, 7) is 7.77. The molecular formula is C19H27ClN3O3+. The van der Waals surface area contributed by atoms with Gasteiger partial charge >= 0.3 is 0 Å². The summed E-state index contributed by atoms with van der Waals surface area (Å²) in [7, 11) is 0. The number of benzene rings is 1. The Morgan fingerprint density at radius 2 is 2.15 bits per heavy atom. The Hall–Kier alpha value is -1.63. The van der Waals surface area contributed by atoms with Crippen LogP contribution in [0.4, 0.5) is 5.69 Å². The van der Waals surface area contributed by atoms with Crippen LogP contribution in [0.15, 0.2) is 18.2 Å². The van der Waals surface area contributed by atoms with E-state index in [1.54, 1.807) is 11.0 Å². The second-order valence-electron chi connectivity index (χ2n) is 7.10. The maximum absolute atomic E-state index is 12.4. The minimum atomic E-state index is -0.293. The van der Waals surface area contributed by atoms with Gasteiger partial charge in [0.25, 0.3) is 0 Å². The summed E-state index contributed by atoms with van der Waals surface area (Å²) in [6, 6.07) is 5.57. The van der Waals surface area contributed by atoms with Gasteiger partial charge in [-0.05, 0) is 24.6 Å². The number of carbonyl (C=O) groups is 2. The highest BCUT2D eigenvalue weighted by Gasteiger charge is 2.35. The van der Waals surface area contributed by atoms with Gasteiger partial charge in [-0.15, -0.1) is 0 Å². The summed E-state index contributed by atoms with van der Waals surface area (Å²) in [4.78, 5) is 27.9. The maximum atomic E-state index is 12.4. The Kier molecular flexibility index (Phi) is 6.51. The SMILES string of the molecule is Cc1ccc(N2C[C@@H](C(=O)NCCC[NH+]3CCOCC3)CC2=O)cc1Cl. The molecule has 7 heteroatoms. The van der Waals surface area contributed by atoms with Crippen molar-refractivity contribution in [2.75, 3.05) is 50.8 Å². The highest BCUT2D eigenvalue weighted by molar-refractivity contribution is 6.31. The second-order valence-corrected chi connectivity index (χ2v) is 7.50. The summed E-state index contributed by atoms with van der Waals surface area (Å²) in [5.41, 5.74) is 1.73. The van der Waals surface area contributed by atoms with Crippen molar-refractivity contribution < 1.29 is 19.2 Å². The van der Waals surface area contributed by atoms with E-state index < -0.39 is 0 Å². The topological polar surface area (TPSA) is 63.1 Å². The molecule has 0 saturated carbocycles. The van der Waals surface area contributed by atoms with Crippen LogP contribution in [0.1, 0.15) is 18.4 Å². The molecule has 2 N–H and O–H groups in total. The molecule has 0 bridgehead atoms. The van der Waals surface area contributed by atoms with Gasteiger partial charge in [-0.1, -0.05) is 17.7 Å². The second kappa shape index (κ2) is 8.84. The number of ether oxygens (including phenoxy) is 1. The number of aryl methyl sites for hydroxylation is 1. The Morgan fingerprint density at radius 1 is 1.38 bits per heavy atom. The summed E-state index contributed by atoms with van der Waals surface area (Å²) in [5.74, 6) is -0.350. The molecule has 0 aromatic heterocycles. The number of rotatable bonds is 6. The Bertz CT molecular complexity index is 661. The van der Waals surface area contributed by atoms with E-state index in [0.29, 0.717) is 18.1 Å². The minimum absolute atomic E-state index is 0.0252. The van der Waals surface area contributed by atoms with E-state index in [2.05, 4.69) is 5.32 Å². The lowest BCUT2D eigenvalue weighted by atomic mass is 10.1. The molecule has 2 heterocycles. The number of quaternary nitrogens is 1. The first-order valence-corrected chi connectivity index (χ1v) is 9.68. The summed E-state index contributed by atoms with van der Waals surface area (Å²) >= 11 is 6.16. The fourth-order valence-electron chi connectivity index (χ4n) is 3.49. The van der Waals surface area contributed by atoms with Crippen molar-refractivity contribution in [3.05, 3.63) is 28.8 Å². The molecule has 0 radical (unpaired) electrons. The van der Waals surface area contributed by atoms with Crippen LogP contribution in [0.5, 0.6) is 0 Å². The molecule has 142 valence electrons. The van der Waals surface area contributed by atoms with Crippen LogP contribution in [-0.2, 0) is 14.3 Å². The molecule has 1 aromatic rings. The molecule has 0 aliphatic carbocycles. The standard InChI is InChI=1S/C19H26ClN3O3/c1-14-3-4-16(12-17(14)20)23-13-15(11-18(23)24)19(25)21-5-2-6-22-7-9-26-10-8-22/h3-4,12,15H,2,5-11,13H2,1H3,(H,21,25)/p+1/t15-/m0/s1. The fraction of sp³-hybridized carbons (Fsp3) is 0.579. The van der Waals surface area contributed by atoms with Gasteiger partial charge in [-0.3, -0.25) is 9.59 Å². The number of hydrogen-bond donors (Lipinski definition) is 2. The number of amides is 2. The first-order chi connectivity index (χ1) is 12.5. The van der Waals surface area contributed by atoms with E-state index in [9.17, 15) is 9.59 Å². The largest absolute Gasteiger partial charge is 0.370 e. The lowest BCUT2D eigenvalue weighted by Gasteiger charge is -2.23. The van der Waals surface area contributed by atoms with Gasteiger partial charge in [0.1, 0.15) is 13.1 Å². The third-order valence-corrected chi connectivity index (χ3v) is 5.58. The van der Waals surface area contributed by atoms with E-state index in [4.69, 9.17) is 16.3 Å². The van der Waals surface area contributed by atoms with E-state index in [0.717, 1.165) is 50.5 Å². The van der Waals surface area contributed by atoms with Crippen LogP contribution in [-0.4, -0.2) is 57.8 Å². The lowest BCUT2D eigenvalue weighted by Crippen LogP contribution is -3.14. The zero-order chi connectivity index (χ0) is 18.5. The van der Waals surface area contributed by atoms with Crippen molar-refractivity contribution >= 4 is 29.1 Å². The van der Waals surface area contributed by atoms with E-state index in [-0.39, 0.29) is 24.2 Å².